The van der Waals surface area contributed by atoms with E-state index in [9.17, 15) is 19.8 Å². The van der Waals surface area contributed by atoms with Crippen molar-refractivity contribution in [3.8, 4) is 34.0 Å². The number of nitrogens with zero attached hydrogens (tertiary/aromatic N) is 9. The molecule has 0 saturated heterocycles. The summed E-state index contributed by atoms with van der Waals surface area (Å²) in [6.07, 6.45) is 1.76. The smallest absolute Gasteiger partial charge is 0.336 e. The van der Waals surface area contributed by atoms with Crippen LogP contribution in [0.4, 0.5) is 0 Å². The maximum atomic E-state index is 13.2. The molecular weight excluding hydrogens is 874 g/mol. The van der Waals surface area contributed by atoms with Crippen LogP contribution in [-0.2, 0) is 58.8 Å². The number of carbonyl (C=O) groups is 2. The lowest BCUT2D eigenvalue weighted by Crippen LogP contribution is -2.40. The van der Waals surface area contributed by atoms with Gasteiger partial charge in [-0.25, -0.2) is 19.0 Å². The third kappa shape index (κ3) is 9.97. The van der Waals surface area contributed by atoms with Crippen LogP contribution in [0, 0.1) is 5.41 Å². The van der Waals surface area contributed by atoms with Crippen LogP contribution in [-0.4, -0.2) is 84.3 Å². The van der Waals surface area contributed by atoms with Crippen LogP contribution >= 0.6 is 11.6 Å². The molecule has 0 aliphatic heterocycles. The number of aryl methyl sites for hydroxylation is 2. The Morgan fingerprint density at radius 2 is 1.46 bits per heavy atom. The first kappa shape index (κ1) is 46.6. The highest BCUT2D eigenvalue weighted by Crippen LogP contribution is 2.34. The molecule has 0 aliphatic rings. The van der Waals surface area contributed by atoms with Gasteiger partial charge in [-0.2, -0.15) is 15.3 Å². The average molecular weight is 928 g/mol. The Bertz CT molecular complexity index is 3120. The van der Waals surface area contributed by atoms with Crippen molar-refractivity contribution in [3.63, 3.8) is 0 Å². The zero-order chi connectivity index (χ0) is 47.8. The van der Waals surface area contributed by atoms with Gasteiger partial charge in [0.1, 0.15) is 16.8 Å². The first-order chi connectivity index (χ1) is 31.8. The first-order valence-corrected chi connectivity index (χ1v) is 22.3. The van der Waals surface area contributed by atoms with Crippen molar-refractivity contribution in [2.24, 2.45) is 12.5 Å². The second kappa shape index (κ2) is 18.4. The van der Waals surface area contributed by atoms with E-state index in [1.54, 1.807) is 20.1 Å². The fraction of sp³-hybridized carbons (Fsp3) is 0.340. The Labute approximate surface area is 392 Å². The normalized spacial score (nSPS) is 13.1. The molecule has 17 heteroatoms. The molecular formula is C50H54ClN9O7. The third-order valence-corrected chi connectivity index (χ3v) is 12.0. The number of hydrogen-bond acceptors (Lipinski definition) is 10. The van der Waals surface area contributed by atoms with E-state index in [0.717, 1.165) is 44.6 Å². The monoisotopic (exact) mass is 927 g/mol. The maximum absolute atomic E-state index is 13.2. The highest BCUT2D eigenvalue weighted by Gasteiger charge is 2.36. The number of benzene rings is 4. The second-order valence-electron chi connectivity index (χ2n) is 18.6. The summed E-state index contributed by atoms with van der Waals surface area (Å²) in [4.78, 5) is 25.0. The van der Waals surface area contributed by atoms with Gasteiger partial charge in [-0.15, -0.1) is 5.10 Å². The number of carboxylic acids is 2. The summed E-state index contributed by atoms with van der Waals surface area (Å²) in [5, 5.41) is 44.7. The van der Waals surface area contributed by atoms with E-state index in [4.69, 9.17) is 36.0 Å². The van der Waals surface area contributed by atoms with Gasteiger partial charge in [0.05, 0.1) is 66.5 Å². The fourth-order valence-electron chi connectivity index (χ4n) is 7.73. The molecule has 4 aromatic carbocycles. The number of carboxylic acid groups (broad SMARTS) is 2. The van der Waals surface area contributed by atoms with Crippen molar-refractivity contribution in [2.75, 3.05) is 6.61 Å². The minimum absolute atomic E-state index is 0.0460. The number of halogens is 1. The summed E-state index contributed by atoms with van der Waals surface area (Å²) in [7, 11) is 1.82. The summed E-state index contributed by atoms with van der Waals surface area (Å²) in [5.74, 6) is -1.56. The molecule has 0 saturated carbocycles. The summed E-state index contributed by atoms with van der Waals surface area (Å²) in [6, 6.07) is 28.8. The average Bonchev–Trinajstić information content (AvgIpc) is 4.10. The Kier molecular flexibility index (Phi) is 12.8. The first-order valence-electron chi connectivity index (χ1n) is 22.0. The van der Waals surface area contributed by atoms with Gasteiger partial charge >= 0.3 is 11.9 Å². The molecule has 0 aliphatic carbocycles. The largest absolute Gasteiger partial charge is 0.493 e. The zero-order valence-electron chi connectivity index (χ0n) is 38.8. The quantitative estimate of drug-likeness (QED) is 0.0832. The highest BCUT2D eigenvalue weighted by atomic mass is 35.5. The van der Waals surface area contributed by atoms with E-state index < -0.39 is 23.1 Å². The summed E-state index contributed by atoms with van der Waals surface area (Å²) < 4.78 is 25.5. The molecule has 8 aromatic rings. The van der Waals surface area contributed by atoms with Crippen LogP contribution in [0.5, 0.6) is 5.75 Å². The summed E-state index contributed by atoms with van der Waals surface area (Å²) in [6.45, 7) is 14.1. The molecule has 4 heterocycles. The number of rotatable bonds is 18. The zero-order valence-corrected chi connectivity index (χ0v) is 39.6. The molecule has 348 valence electrons. The SMILES string of the molecule is CCn1ncc2ccc(-c3cc(COC(C)(C)C(=O)O)nn3Cc3cccc(CC(C)(OCc4cc(-c5cccc(OCC(C)(C)C)c5)n(-c5cccc6nnn(C)c56)n4)C(=O)O)c3Cl)cc21. The van der Waals surface area contributed by atoms with Crippen LogP contribution in [0.1, 0.15) is 71.0 Å². The topological polar surface area (TPSA) is 186 Å². The summed E-state index contributed by atoms with van der Waals surface area (Å²) >= 11 is 7.19. The van der Waals surface area contributed by atoms with Gasteiger partial charge in [-0.05, 0) is 86.7 Å². The predicted octanol–water partition coefficient (Wildman–Crippen LogP) is 9.16. The second-order valence-corrected chi connectivity index (χ2v) is 19.0. The fourth-order valence-corrected chi connectivity index (χ4v) is 7.98. The number of aromatic nitrogens is 9. The predicted molar refractivity (Wildman–Crippen MR) is 254 cm³/mol. The van der Waals surface area contributed by atoms with Crippen LogP contribution in [0.15, 0.2) is 97.2 Å². The molecule has 16 nitrogen and oxygen atoms in total. The Balaban J connectivity index is 1.09. The molecule has 0 fully saturated rings. The van der Waals surface area contributed by atoms with Crippen LogP contribution in [0.2, 0.25) is 5.02 Å². The van der Waals surface area contributed by atoms with Crippen molar-refractivity contribution in [3.05, 3.63) is 125 Å². The minimum Gasteiger partial charge on any atom is -0.493 e. The molecule has 8 rings (SSSR count). The Hall–Kier alpha value is -6.88. The number of fused-ring (bicyclic) bond motifs is 2. The lowest BCUT2D eigenvalue weighted by atomic mass is 9.95. The number of aliphatic carboxylic acids is 2. The lowest BCUT2D eigenvalue weighted by molar-refractivity contribution is -0.165. The van der Waals surface area contributed by atoms with E-state index >= 15 is 0 Å². The van der Waals surface area contributed by atoms with Gasteiger partial charge in [-0.1, -0.05) is 86.1 Å². The molecule has 2 N–H and O–H groups in total. The number of para-hydroxylation sites is 1. The van der Waals surface area contributed by atoms with Gasteiger partial charge < -0.3 is 24.4 Å². The molecule has 0 bridgehead atoms. The van der Waals surface area contributed by atoms with Crippen LogP contribution < -0.4 is 4.74 Å². The third-order valence-electron chi connectivity index (χ3n) is 11.6. The Morgan fingerprint density at radius 3 is 2.21 bits per heavy atom. The van der Waals surface area contributed by atoms with Crippen LogP contribution in [0.3, 0.4) is 0 Å². The molecule has 1 unspecified atom stereocenters. The molecule has 0 radical (unpaired) electrons. The van der Waals surface area contributed by atoms with Crippen molar-refractivity contribution < 1.29 is 34.0 Å². The molecule has 67 heavy (non-hydrogen) atoms. The van der Waals surface area contributed by atoms with E-state index in [1.165, 1.54) is 20.8 Å². The summed E-state index contributed by atoms with van der Waals surface area (Å²) in [5.41, 5.74) is 5.37. The molecule has 0 spiro atoms. The van der Waals surface area contributed by atoms with E-state index in [1.807, 2.05) is 110 Å². The van der Waals surface area contributed by atoms with Crippen LogP contribution in [0.25, 0.3) is 50.1 Å². The van der Waals surface area contributed by atoms with Crippen molar-refractivity contribution >= 4 is 45.5 Å². The van der Waals surface area contributed by atoms with Crippen molar-refractivity contribution in [1.82, 2.24) is 44.3 Å². The Morgan fingerprint density at radius 1 is 0.761 bits per heavy atom. The molecule has 0 amide bonds. The van der Waals surface area contributed by atoms with Crippen molar-refractivity contribution in [2.45, 2.75) is 92.4 Å². The van der Waals surface area contributed by atoms with Gasteiger partial charge in [0, 0.05) is 41.5 Å². The van der Waals surface area contributed by atoms with Gasteiger partial charge in [-0.3, -0.25) is 9.36 Å². The van der Waals surface area contributed by atoms with E-state index in [-0.39, 0.29) is 31.6 Å². The highest BCUT2D eigenvalue weighted by molar-refractivity contribution is 6.32. The van der Waals surface area contributed by atoms with E-state index in [0.29, 0.717) is 52.0 Å². The molecule has 1 atom stereocenters. The van der Waals surface area contributed by atoms with E-state index in [2.05, 4.69) is 36.2 Å². The minimum atomic E-state index is -1.73. The van der Waals surface area contributed by atoms with Crippen molar-refractivity contribution in [1.29, 1.82) is 0 Å². The van der Waals surface area contributed by atoms with Gasteiger partial charge in [0.2, 0.25) is 0 Å². The maximum Gasteiger partial charge on any atom is 0.336 e. The molecule has 4 aromatic heterocycles. The number of hydrogen-bond donors (Lipinski definition) is 2. The van der Waals surface area contributed by atoms with Gasteiger partial charge in [0.25, 0.3) is 0 Å². The lowest BCUT2D eigenvalue weighted by Gasteiger charge is -2.26. The standard InChI is InChI=1S/C50H54ClN9O7/c1-9-58-41-22-32(19-20-34(41)26-52-58)42-23-36(28-66-49(5,6)46(61)62)54-59(42)27-35-15-10-14-33(44(35)51)25-50(7,47(63)64)67-29-37-24-43(31-13-11-16-38(21-31)65-30-48(2,3)4)60(55-37)40-18-12-17-39-45(40)57(8)56-53-39/h10-24,26H,9,25,27-30H2,1-8H3,(H,61,62)(H,63,64). The van der Waals surface area contributed by atoms with Gasteiger partial charge in [0.15, 0.2) is 11.2 Å². The number of ether oxygens (including phenoxy) is 3.